The monoisotopic (exact) mass is 707 g/mol. The maximum atomic E-state index is 15.4. The minimum absolute atomic E-state index is 0.0239. The minimum Gasteiger partial charge on any atom is -0.480 e. The molecule has 1 aromatic heterocycles. The fourth-order valence-corrected chi connectivity index (χ4v) is 6.88. The third-order valence-corrected chi connectivity index (χ3v) is 9.48. The molecule has 2 aliphatic heterocycles. The van der Waals surface area contributed by atoms with Gasteiger partial charge in [0, 0.05) is 24.5 Å². The van der Waals surface area contributed by atoms with Gasteiger partial charge in [-0.2, -0.15) is 13.2 Å². The Morgan fingerprint density at radius 3 is 2.08 bits per heavy atom. The number of nitrogens with one attached hydrogen (secondary N) is 1. The third kappa shape index (κ3) is 6.08. The largest absolute Gasteiger partial charge is 0.480 e. The van der Waals surface area contributed by atoms with E-state index >= 15 is 8.78 Å². The van der Waals surface area contributed by atoms with Crippen molar-refractivity contribution in [3.63, 3.8) is 0 Å². The summed E-state index contributed by atoms with van der Waals surface area (Å²) in [5, 5.41) is 12.7. The Kier molecular flexibility index (Phi) is 8.76. The van der Waals surface area contributed by atoms with E-state index in [2.05, 4.69) is 5.32 Å². The summed E-state index contributed by atoms with van der Waals surface area (Å²) < 4.78 is 86.5. The van der Waals surface area contributed by atoms with E-state index in [1.807, 2.05) is 0 Å². The van der Waals surface area contributed by atoms with Crippen LogP contribution in [-0.4, -0.2) is 66.1 Å². The number of aliphatic carboxylic acids is 1. The molecule has 51 heavy (non-hydrogen) atoms. The molecule has 3 heterocycles. The zero-order valence-corrected chi connectivity index (χ0v) is 27.0. The van der Waals surface area contributed by atoms with Gasteiger partial charge in [0.25, 0.3) is 11.5 Å². The number of halogens is 5. The van der Waals surface area contributed by atoms with Crippen LogP contribution in [0, 0.1) is 11.6 Å². The Labute approximate surface area is 286 Å². The Hall–Kier alpha value is -5.34. The van der Waals surface area contributed by atoms with Crippen LogP contribution in [0.15, 0.2) is 77.6 Å². The van der Waals surface area contributed by atoms with Gasteiger partial charge in [0.15, 0.2) is 0 Å². The molecule has 1 amide bonds. The molecule has 2 saturated heterocycles. The lowest BCUT2D eigenvalue weighted by atomic mass is 9.90. The van der Waals surface area contributed by atoms with Gasteiger partial charge in [-0.05, 0) is 40.1 Å². The summed E-state index contributed by atoms with van der Waals surface area (Å²) in [5.74, 6) is -5.20. The van der Waals surface area contributed by atoms with Crippen molar-refractivity contribution in [3.05, 3.63) is 111 Å². The molecule has 264 valence electrons. The molecule has 2 aliphatic rings. The van der Waals surface area contributed by atoms with E-state index in [0.717, 1.165) is 16.7 Å². The zero-order chi connectivity index (χ0) is 36.2. The number of pyridine rings is 1. The highest BCUT2D eigenvalue weighted by Gasteiger charge is 2.39. The number of anilines is 1. The molecule has 0 saturated carbocycles. The maximum absolute atomic E-state index is 15.4. The van der Waals surface area contributed by atoms with E-state index in [1.54, 1.807) is 11.0 Å². The number of hydrogen-bond acceptors (Lipinski definition) is 6. The Balaban J connectivity index is 1.23. The number of fused-ring (bicyclic) bond motifs is 2. The van der Waals surface area contributed by atoms with Crippen molar-refractivity contribution in [2.45, 2.75) is 30.7 Å². The Morgan fingerprint density at radius 1 is 0.902 bits per heavy atom. The topological polar surface area (TPSA) is 110 Å². The van der Waals surface area contributed by atoms with E-state index in [-0.39, 0.29) is 39.6 Å². The first-order valence-corrected chi connectivity index (χ1v) is 16.0. The molecule has 14 heteroatoms. The molecule has 2 fully saturated rings. The molecule has 0 aliphatic carbocycles. The number of nitrogens with zero attached hydrogens (tertiary/aromatic N) is 2. The Morgan fingerprint density at radius 2 is 1.49 bits per heavy atom. The van der Waals surface area contributed by atoms with Gasteiger partial charge < -0.3 is 29.4 Å². The van der Waals surface area contributed by atoms with Crippen molar-refractivity contribution >= 4 is 39.2 Å². The predicted molar refractivity (Wildman–Crippen MR) is 178 cm³/mol. The summed E-state index contributed by atoms with van der Waals surface area (Å²) in [6.07, 6.45) is -5.30. The number of aryl methyl sites for hydroxylation is 1. The van der Waals surface area contributed by atoms with E-state index in [4.69, 9.17) is 9.47 Å². The number of aromatic nitrogens is 1. The lowest BCUT2D eigenvalue weighted by molar-refractivity contribution is -0.139. The highest BCUT2D eigenvalue weighted by molar-refractivity contribution is 6.02. The number of alkyl halides is 3. The fourth-order valence-electron chi connectivity index (χ4n) is 6.88. The number of ether oxygens (including phenoxy) is 2. The lowest BCUT2D eigenvalue weighted by Gasteiger charge is -2.46. The van der Waals surface area contributed by atoms with Crippen LogP contribution in [0.25, 0.3) is 32.8 Å². The highest BCUT2D eigenvalue weighted by atomic mass is 19.4. The van der Waals surface area contributed by atoms with Gasteiger partial charge in [-0.1, -0.05) is 54.6 Å². The zero-order valence-electron chi connectivity index (χ0n) is 27.0. The van der Waals surface area contributed by atoms with Crippen LogP contribution in [0.3, 0.4) is 0 Å². The molecular weight excluding hydrogens is 677 g/mol. The number of carboxylic acids is 1. The first-order valence-electron chi connectivity index (χ1n) is 16.0. The normalized spacial score (nSPS) is 15.7. The lowest BCUT2D eigenvalue weighted by Crippen LogP contribution is -2.60. The second-order valence-electron chi connectivity index (χ2n) is 12.6. The van der Waals surface area contributed by atoms with Crippen molar-refractivity contribution in [3.8, 4) is 11.1 Å². The van der Waals surface area contributed by atoms with Gasteiger partial charge in [0.2, 0.25) is 0 Å². The van der Waals surface area contributed by atoms with Crippen LogP contribution < -0.4 is 15.8 Å². The molecule has 5 aromatic rings. The average Bonchev–Trinajstić information content (AvgIpc) is 3.03. The van der Waals surface area contributed by atoms with E-state index in [9.17, 15) is 32.7 Å². The van der Waals surface area contributed by atoms with Crippen LogP contribution in [-0.2, 0) is 33.9 Å². The number of para-hydroxylation sites is 1. The number of rotatable bonds is 9. The molecule has 0 unspecified atom stereocenters. The van der Waals surface area contributed by atoms with Gasteiger partial charge >= 0.3 is 12.1 Å². The van der Waals surface area contributed by atoms with Crippen molar-refractivity contribution in [1.82, 2.24) is 9.88 Å². The number of amides is 1. The summed E-state index contributed by atoms with van der Waals surface area (Å²) in [5.41, 5.74) is -2.96. The van der Waals surface area contributed by atoms with Gasteiger partial charge in [-0.15, -0.1) is 0 Å². The molecule has 2 N–H and O–H groups in total. The van der Waals surface area contributed by atoms with E-state index < -0.39 is 64.4 Å². The molecule has 9 nitrogen and oxygen atoms in total. The molecule has 1 atom stereocenters. The predicted octanol–water partition coefficient (Wildman–Crippen LogP) is 5.69. The van der Waals surface area contributed by atoms with Crippen LogP contribution in [0.5, 0.6) is 0 Å². The molecule has 0 radical (unpaired) electrons. The second-order valence-corrected chi connectivity index (χ2v) is 12.6. The number of benzene rings is 4. The average molecular weight is 708 g/mol. The van der Waals surface area contributed by atoms with Crippen LogP contribution in [0.1, 0.15) is 21.5 Å². The van der Waals surface area contributed by atoms with Crippen LogP contribution in [0.4, 0.5) is 27.6 Å². The van der Waals surface area contributed by atoms with Crippen molar-refractivity contribution in [2.24, 2.45) is 7.05 Å². The summed E-state index contributed by atoms with van der Waals surface area (Å²) >= 11 is 0. The maximum Gasteiger partial charge on any atom is 0.417 e. The Bertz CT molecular complexity index is 2230. The fraction of sp³-hybridized carbons (Fsp3) is 0.270. The second kappa shape index (κ2) is 13.1. The van der Waals surface area contributed by atoms with Crippen LogP contribution in [0.2, 0.25) is 0 Å². The van der Waals surface area contributed by atoms with E-state index in [0.29, 0.717) is 37.4 Å². The van der Waals surface area contributed by atoms with E-state index in [1.165, 1.54) is 61.6 Å². The summed E-state index contributed by atoms with van der Waals surface area (Å²) in [6, 6.07) is 14.7. The first-order chi connectivity index (χ1) is 24.3. The molecule has 0 spiro atoms. The number of carbonyl (C=O) groups excluding carboxylic acids is 1. The molecule has 4 aromatic carbocycles. The van der Waals surface area contributed by atoms with Gasteiger partial charge in [-0.25, -0.2) is 13.6 Å². The standard InChI is InChI=1S/C37H30F5N3O6/c1-44-30-11-3-2-7-26(30)33(37(40,41)42)31(35(44)47)25-10-5-8-23-19(6-4-9-24(23)25)12-29(36(48)49)43-34(46)32-27(38)13-20(14-28(32)39)45(21-15-50-16-21)22-17-51-18-22/h2-11,13-14,21-22,29H,12,15-18H2,1H3,(H,43,46)(H,48,49)/t29-/m0/s1. The van der Waals surface area contributed by atoms with Crippen molar-refractivity contribution in [2.75, 3.05) is 31.3 Å². The van der Waals surface area contributed by atoms with Crippen molar-refractivity contribution < 1.29 is 46.1 Å². The van der Waals surface area contributed by atoms with Crippen LogP contribution >= 0.6 is 0 Å². The first kappa shape index (κ1) is 34.1. The third-order valence-electron chi connectivity index (χ3n) is 9.48. The van der Waals surface area contributed by atoms with Crippen molar-refractivity contribution in [1.29, 1.82) is 0 Å². The number of carbonyl (C=O) groups is 2. The van der Waals surface area contributed by atoms with Gasteiger partial charge in [0.1, 0.15) is 23.2 Å². The molecule has 0 bridgehead atoms. The molecular formula is C37H30F5N3O6. The molecule has 7 rings (SSSR count). The minimum atomic E-state index is -4.90. The quantitative estimate of drug-likeness (QED) is 0.190. The number of hydrogen-bond donors (Lipinski definition) is 2. The van der Waals surface area contributed by atoms with Gasteiger partial charge in [-0.3, -0.25) is 9.59 Å². The smallest absolute Gasteiger partial charge is 0.417 e. The highest BCUT2D eigenvalue weighted by Crippen LogP contribution is 2.42. The summed E-state index contributed by atoms with van der Waals surface area (Å²) in [7, 11) is 1.38. The summed E-state index contributed by atoms with van der Waals surface area (Å²) in [6.45, 7) is 1.45. The number of carboxylic acid groups (broad SMARTS) is 1. The SMILES string of the molecule is Cn1c(=O)c(-c2cccc3c(C[C@H](NC(=O)c4c(F)cc(N(C5COC5)C5COC5)cc4F)C(=O)O)cccc23)c(C(F)(F)F)c2ccccc21. The summed E-state index contributed by atoms with van der Waals surface area (Å²) in [4.78, 5) is 41.0. The van der Waals surface area contributed by atoms with Gasteiger partial charge in [0.05, 0.1) is 55.2 Å².